The third kappa shape index (κ3) is 3.56. The Morgan fingerprint density at radius 3 is 2.50 bits per heavy atom. The lowest BCUT2D eigenvalue weighted by Crippen LogP contribution is -2.37. The average Bonchev–Trinajstić information content (AvgIpc) is 2.45. The van der Waals surface area contributed by atoms with Gasteiger partial charge in [0, 0.05) is 12.1 Å². The predicted molar refractivity (Wildman–Crippen MR) is 71.8 cm³/mol. The molecule has 2 N–H and O–H groups in total. The highest BCUT2D eigenvalue weighted by Crippen LogP contribution is 2.29. The van der Waals surface area contributed by atoms with Gasteiger partial charge in [0.15, 0.2) is 0 Å². The summed E-state index contributed by atoms with van der Waals surface area (Å²) in [5, 5.41) is 11.9. The van der Waals surface area contributed by atoms with Gasteiger partial charge in [0.05, 0.1) is 5.92 Å². The van der Waals surface area contributed by atoms with E-state index in [2.05, 4.69) is 5.32 Å². The van der Waals surface area contributed by atoms with Crippen LogP contribution in [0, 0.1) is 17.7 Å². The molecule has 1 amide bonds. The second kappa shape index (κ2) is 6.50. The van der Waals surface area contributed by atoms with Gasteiger partial charge in [0.1, 0.15) is 5.82 Å². The molecular formula is C15H18FNO3. The van der Waals surface area contributed by atoms with Gasteiger partial charge in [0.2, 0.25) is 0 Å². The molecule has 108 valence electrons. The fourth-order valence-electron chi connectivity index (χ4n) is 2.70. The van der Waals surface area contributed by atoms with Gasteiger partial charge >= 0.3 is 5.97 Å². The Balaban J connectivity index is 1.91. The van der Waals surface area contributed by atoms with E-state index in [9.17, 15) is 14.0 Å². The minimum atomic E-state index is -0.786. The number of benzene rings is 1. The number of aliphatic carboxylic acids is 1. The summed E-state index contributed by atoms with van der Waals surface area (Å²) >= 11 is 0. The lowest BCUT2D eigenvalue weighted by atomic mass is 9.79. The highest BCUT2D eigenvalue weighted by Gasteiger charge is 2.30. The summed E-state index contributed by atoms with van der Waals surface area (Å²) in [6, 6.07) is 5.30. The molecule has 5 heteroatoms. The average molecular weight is 279 g/mol. The highest BCUT2D eigenvalue weighted by molar-refractivity contribution is 5.94. The van der Waals surface area contributed by atoms with E-state index in [1.807, 2.05) is 0 Å². The fraction of sp³-hybridized carbons (Fsp3) is 0.467. The van der Waals surface area contributed by atoms with Gasteiger partial charge in [-0.3, -0.25) is 9.59 Å². The summed E-state index contributed by atoms with van der Waals surface area (Å²) in [5.74, 6) is -1.87. The molecule has 0 saturated heterocycles. The summed E-state index contributed by atoms with van der Waals surface area (Å²) < 4.78 is 12.8. The molecule has 2 atom stereocenters. The standard InChI is InChI=1S/C15H18FNO3/c16-12-7-5-10(6-8-12)14(18)17-9-11-3-1-2-4-13(11)15(19)20/h5-8,11,13H,1-4,9H2,(H,17,18)(H,19,20). The number of halogens is 1. The van der Waals surface area contributed by atoms with Crippen LogP contribution >= 0.6 is 0 Å². The second-order valence-electron chi connectivity index (χ2n) is 5.21. The Morgan fingerprint density at radius 2 is 1.85 bits per heavy atom. The molecule has 1 fully saturated rings. The molecule has 1 aromatic rings. The quantitative estimate of drug-likeness (QED) is 0.889. The van der Waals surface area contributed by atoms with Crippen molar-refractivity contribution in [2.45, 2.75) is 25.7 Å². The van der Waals surface area contributed by atoms with Crippen molar-refractivity contribution in [1.82, 2.24) is 5.32 Å². The Labute approximate surface area is 117 Å². The number of rotatable bonds is 4. The van der Waals surface area contributed by atoms with Gasteiger partial charge in [-0.25, -0.2) is 4.39 Å². The molecular weight excluding hydrogens is 261 g/mol. The summed E-state index contributed by atoms with van der Waals surface area (Å²) in [6.07, 6.45) is 3.42. The number of hydrogen-bond donors (Lipinski definition) is 2. The maximum Gasteiger partial charge on any atom is 0.306 e. The molecule has 0 heterocycles. The minimum Gasteiger partial charge on any atom is -0.481 e. The zero-order chi connectivity index (χ0) is 14.5. The smallest absolute Gasteiger partial charge is 0.306 e. The largest absolute Gasteiger partial charge is 0.481 e. The first-order valence-electron chi connectivity index (χ1n) is 6.84. The van der Waals surface area contributed by atoms with E-state index in [0.29, 0.717) is 18.5 Å². The first-order valence-corrected chi connectivity index (χ1v) is 6.84. The Bertz CT molecular complexity index is 486. The van der Waals surface area contributed by atoms with Crippen LogP contribution in [0.2, 0.25) is 0 Å². The van der Waals surface area contributed by atoms with E-state index < -0.39 is 5.97 Å². The van der Waals surface area contributed by atoms with Crippen molar-refractivity contribution in [3.63, 3.8) is 0 Å². The van der Waals surface area contributed by atoms with Crippen LogP contribution in [0.25, 0.3) is 0 Å². The summed E-state index contributed by atoms with van der Waals surface area (Å²) in [4.78, 5) is 23.1. The molecule has 2 unspecified atom stereocenters. The van der Waals surface area contributed by atoms with Gasteiger partial charge in [-0.1, -0.05) is 12.8 Å². The van der Waals surface area contributed by atoms with E-state index in [4.69, 9.17) is 5.11 Å². The van der Waals surface area contributed by atoms with E-state index in [1.54, 1.807) is 0 Å². The predicted octanol–water partition coefficient (Wildman–Crippen LogP) is 2.45. The van der Waals surface area contributed by atoms with E-state index in [0.717, 1.165) is 19.3 Å². The van der Waals surface area contributed by atoms with Crippen molar-refractivity contribution in [2.75, 3.05) is 6.54 Å². The van der Waals surface area contributed by atoms with Crippen molar-refractivity contribution in [3.05, 3.63) is 35.6 Å². The number of hydrogen-bond acceptors (Lipinski definition) is 2. The van der Waals surface area contributed by atoms with Crippen molar-refractivity contribution < 1.29 is 19.1 Å². The molecule has 0 spiro atoms. The number of carboxylic acids is 1. The Morgan fingerprint density at radius 1 is 1.20 bits per heavy atom. The molecule has 0 radical (unpaired) electrons. The first kappa shape index (κ1) is 14.5. The van der Waals surface area contributed by atoms with Crippen LogP contribution < -0.4 is 5.32 Å². The van der Waals surface area contributed by atoms with Gasteiger partial charge in [-0.15, -0.1) is 0 Å². The topological polar surface area (TPSA) is 66.4 Å². The summed E-state index contributed by atoms with van der Waals surface area (Å²) in [6.45, 7) is 0.354. The van der Waals surface area contributed by atoms with Crippen molar-refractivity contribution in [2.24, 2.45) is 11.8 Å². The zero-order valence-corrected chi connectivity index (χ0v) is 11.1. The van der Waals surface area contributed by atoms with Gasteiger partial charge in [-0.2, -0.15) is 0 Å². The lowest BCUT2D eigenvalue weighted by Gasteiger charge is -2.28. The van der Waals surface area contributed by atoms with Crippen molar-refractivity contribution in [1.29, 1.82) is 0 Å². The SMILES string of the molecule is O=C(NCC1CCCCC1C(=O)O)c1ccc(F)cc1. The third-order valence-corrected chi connectivity index (χ3v) is 3.86. The molecule has 2 rings (SSSR count). The Kier molecular flexibility index (Phi) is 4.71. The normalized spacial score (nSPS) is 22.2. The number of amides is 1. The molecule has 0 aliphatic heterocycles. The van der Waals surface area contributed by atoms with E-state index >= 15 is 0 Å². The molecule has 20 heavy (non-hydrogen) atoms. The van der Waals surface area contributed by atoms with Crippen molar-refractivity contribution >= 4 is 11.9 Å². The third-order valence-electron chi connectivity index (χ3n) is 3.86. The fourth-order valence-corrected chi connectivity index (χ4v) is 2.70. The molecule has 1 aliphatic carbocycles. The number of carbonyl (C=O) groups is 2. The van der Waals surface area contributed by atoms with Crippen LogP contribution in [-0.2, 0) is 4.79 Å². The summed E-state index contributed by atoms with van der Waals surface area (Å²) in [5.41, 5.74) is 0.383. The molecule has 4 nitrogen and oxygen atoms in total. The van der Waals surface area contributed by atoms with Crippen LogP contribution in [0.3, 0.4) is 0 Å². The number of nitrogens with one attached hydrogen (secondary N) is 1. The molecule has 1 aliphatic rings. The summed E-state index contributed by atoms with van der Waals surface area (Å²) in [7, 11) is 0. The van der Waals surface area contributed by atoms with Crippen molar-refractivity contribution in [3.8, 4) is 0 Å². The Hall–Kier alpha value is -1.91. The van der Waals surface area contributed by atoms with Gasteiger partial charge in [0.25, 0.3) is 5.91 Å². The highest BCUT2D eigenvalue weighted by atomic mass is 19.1. The molecule has 0 bridgehead atoms. The minimum absolute atomic E-state index is 0.0225. The maximum atomic E-state index is 12.8. The molecule has 1 saturated carbocycles. The van der Waals surface area contributed by atoms with E-state index in [1.165, 1.54) is 24.3 Å². The number of carboxylic acid groups (broad SMARTS) is 1. The number of carbonyl (C=O) groups excluding carboxylic acids is 1. The lowest BCUT2D eigenvalue weighted by molar-refractivity contribution is -0.144. The van der Waals surface area contributed by atoms with Crippen LogP contribution in [0.1, 0.15) is 36.0 Å². The molecule has 1 aromatic carbocycles. The second-order valence-corrected chi connectivity index (χ2v) is 5.21. The maximum absolute atomic E-state index is 12.8. The zero-order valence-electron chi connectivity index (χ0n) is 11.1. The van der Waals surface area contributed by atoms with E-state index in [-0.39, 0.29) is 23.6 Å². The van der Waals surface area contributed by atoms with Gasteiger partial charge in [-0.05, 0) is 43.0 Å². The van der Waals surface area contributed by atoms with Crippen LogP contribution in [0.15, 0.2) is 24.3 Å². The van der Waals surface area contributed by atoms with Crippen LogP contribution in [0.5, 0.6) is 0 Å². The van der Waals surface area contributed by atoms with Crippen LogP contribution in [0.4, 0.5) is 4.39 Å². The van der Waals surface area contributed by atoms with Crippen LogP contribution in [-0.4, -0.2) is 23.5 Å². The first-order chi connectivity index (χ1) is 9.58. The monoisotopic (exact) mass is 279 g/mol. The van der Waals surface area contributed by atoms with Gasteiger partial charge < -0.3 is 10.4 Å². The molecule has 0 aromatic heterocycles.